The Balaban J connectivity index is 2.05. The minimum atomic E-state index is -0.878. The number of hydrogen-bond donors (Lipinski definition) is 2. The number of aromatic nitrogens is 3. The van der Waals surface area contributed by atoms with Crippen molar-refractivity contribution >= 4 is 35.3 Å². The molecule has 2 aromatic rings. The topological polar surface area (TPSA) is 112 Å². The molecule has 26 heavy (non-hydrogen) atoms. The van der Waals surface area contributed by atoms with Crippen LogP contribution >= 0.6 is 23.4 Å². The number of carbonyl (C=O) groups is 2. The first-order valence-electron chi connectivity index (χ1n) is 7.81. The zero-order valence-electron chi connectivity index (χ0n) is 14.6. The number of imide groups is 1. The fourth-order valence-corrected chi connectivity index (χ4v) is 3.19. The molecule has 1 aromatic heterocycles. The number of ether oxygens (including phenoxy) is 1. The van der Waals surface area contributed by atoms with Crippen LogP contribution in [0, 0.1) is 5.92 Å². The molecule has 0 aliphatic rings. The van der Waals surface area contributed by atoms with Crippen LogP contribution in [0.5, 0.6) is 5.75 Å². The quantitative estimate of drug-likeness (QED) is 0.693. The summed E-state index contributed by atoms with van der Waals surface area (Å²) in [6, 6.07) is 6.12. The number of nitrogens with one attached hydrogen (secondary N) is 1. The summed E-state index contributed by atoms with van der Waals surface area (Å²) in [7, 11) is 1.78. The van der Waals surface area contributed by atoms with Crippen molar-refractivity contribution in [2.75, 3.05) is 0 Å². The maximum Gasteiger partial charge on any atom is 0.318 e. The van der Waals surface area contributed by atoms with Crippen molar-refractivity contribution in [2.24, 2.45) is 18.7 Å². The summed E-state index contributed by atoms with van der Waals surface area (Å²) in [6.45, 7) is 3.96. The fraction of sp³-hybridized carbons (Fsp3) is 0.375. The summed E-state index contributed by atoms with van der Waals surface area (Å²) >= 11 is 7.06. The minimum Gasteiger partial charge on any atom is -0.486 e. The van der Waals surface area contributed by atoms with Gasteiger partial charge < -0.3 is 15.0 Å². The molecule has 0 spiro atoms. The van der Waals surface area contributed by atoms with E-state index in [1.807, 2.05) is 13.8 Å². The van der Waals surface area contributed by atoms with E-state index in [0.29, 0.717) is 21.8 Å². The lowest BCUT2D eigenvalue weighted by Crippen LogP contribution is -2.42. The third-order valence-electron chi connectivity index (χ3n) is 3.45. The van der Waals surface area contributed by atoms with Gasteiger partial charge in [-0.15, -0.1) is 10.2 Å². The number of nitrogens with zero attached hydrogens (tertiary/aromatic N) is 3. The Morgan fingerprint density at radius 1 is 1.31 bits per heavy atom. The van der Waals surface area contributed by atoms with Gasteiger partial charge in [-0.25, -0.2) is 4.79 Å². The molecule has 8 nitrogen and oxygen atoms in total. The number of hydrogen-bond acceptors (Lipinski definition) is 6. The largest absolute Gasteiger partial charge is 0.486 e. The number of primary amides is 1. The highest BCUT2D eigenvalue weighted by Gasteiger charge is 2.27. The number of urea groups is 1. The highest BCUT2D eigenvalue weighted by molar-refractivity contribution is 8.00. The van der Waals surface area contributed by atoms with Crippen LogP contribution in [0.3, 0.4) is 0 Å². The second-order valence-corrected chi connectivity index (χ2v) is 7.38. The molecule has 1 atom stereocenters. The molecule has 140 valence electrons. The average Bonchev–Trinajstić information content (AvgIpc) is 2.91. The molecule has 0 fully saturated rings. The van der Waals surface area contributed by atoms with Gasteiger partial charge in [-0.1, -0.05) is 37.2 Å². The molecular formula is C16H20ClN5O3S. The number of amides is 3. The highest BCUT2D eigenvalue weighted by Crippen LogP contribution is 2.27. The standard InChI is InChI=1S/C16H20ClN5O3S/c1-9(2)13(14(23)19-15(18)24)26-16-21-20-12(22(16)3)8-25-11-6-4-10(17)5-7-11/h4-7,9,13H,8H2,1-3H3,(H3,18,19,23,24)/t13-/m0/s1. The Kier molecular flexibility index (Phi) is 6.87. The fourth-order valence-electron chi connectivity index (χ4n) is 2.05. The lowest BCUT2D eigenvalue weighted by Gasteiger charge is -2.18. The number of nitrogens with two attached hydrogens (primary N) is 1. The van der Waals surface area contributed by atoms with Gasteiger partial charge in [-0.05, 0) is 30.2 Å². The highest BCUT2D eigenvalue weighted by atomic mass is 35.5. The number of halogens is 1. The molecule has 0 radical (unpaired) electrons. The van der Waals surface area contributed by atoms with E-state index in [1.165, 1.54) is 11.8 Å². The molecule has 1 aromatic carbocycles. The van der Waals surface area contributed by atoms with Crippen LogP contribution in [0.15, 0.2) is 29.4 Å². The maximum absolute atomic E-state index is 12.1. The van der Waals surface area contributed by atoms with Crippen molar-refractivity contribution < 1.29 is 14.3 Å². The molecule has 0 aliphatic heterocycles. The van der Waals surface area contributed by atoms with E-state index in [4.69, 9.17) is 22.1 Å². The SMILES string of the molecule is CC(C)[C@H](Sc1nnc(COc2ccc(Cl)cc2)n1C)C(=O)NC(N)=O. The summed E-state index contributed by atoms with van der Waals surface area (Å²) in [4.78, 5) is 23.1. The Hall–Kier alpha value is -2.26. The average molecular weight is 398 g/mol. The van der Waals surface area contributed by atoms with Gasteiger partial charge in [0.2, 0.25) is 5.91 Å². The van der Waals surface area contributed by atoms with Crippen LogP contribution in [-0.4, -0.2) is 32.0 Å². The Morgan fingerprint density at radius 3 is 2.54 bits per heavy atom. The summed E-state index contributed by atoms with van der Waals surface area (Å²) in [6.07, 6.45) is 0. The molecule has 3 amide bonds. The van der Waals surface area contributed by atoms with Gasteiger partial charge in [0.05, 0.1) is 5.25 Å². The van der Waals surface area contributed by atoms with Crippen molar-refractivity contribution in [1.29, 1.82) is 0 Å². The molecule has 0 bridgehead atoms. The molecule has 0 saturated heterocycles. The summed E-state index contributed by atoms with van der Waals surface area (Å²) in [5.74, 6) is 0.761. The predicted octanol–water partition coefficient (Wildman–Crippen LogP) is 2.36. The van der Waals surface area contributed by atoms with E-state index >= 15 is 0 Å². The summed E-state index contributed by atoms with van der Waals surface area (Å²) < 4.78 is 7.41. The van der Waals surface area contributed by atoms with Crippen LogP contribution in [-0.2, 0) is 18.4 Å². The minimum absolute atomic E-state index is 0.0372. The number of carbonyl (C=O) groups excluding carboxylic acids is 2. The van der Waals surface area contributed by atoms with Gasteiger partial charge in [-0.2, -0.15) is 0 Å². The van der Waals surface area contributed by atoms with E-state index in [-0.39, 0.29) is 12.5 Å². The monoisotopic (exact) mass is 397 g/mol. The molecule has 10 heteroatoms. The summed E-state index contributed by atoms with van der Waals surface area (Å²) in [5, 5.41) is 10.9. The van der Waals surface area contributed by atoms with E-state index in [2.05, 4.69) is 15.5 Å². The Labute approximate surface area is 160 Å². The lowest BCUT2D eigenvalue weighted by atomic mass is 10.1. The Bertz CT molecular complexity index is 779. The Morgan fingerprint density at radius 2 is 1.96 bits per heavy atom. The summed E-state index contributed by atoms with van der Waals surface area (Å²) in [5.41, 5.74) is 5.02. The van der Waals surface area contributed by atoms with E-state index in [0.717, 1.165) is 0 Å². The first-order valence-corrected chi connectivity index (χ1v) is 9.07. The van der Waals surface area contributed by atoms with E-state index in [9.17, 15) is 9.59 Å². The molecule has 3 N–H and O–H groups in total. The number of thioether (sulfide) groups is 1. The van der Waals surface area contributed by atoms with Crippen molar-refractivity contribution in [2.45, 2.75) is 30.9 Å². The van der Waals surface area contributed by atoms with Gasteiger partial charge in [-0.3, -0.25) is 10.1 Å². The van der Waals surface area contributed by atoms with Crippen LogP contribution < -0.4 is 15.8 Å². The smallest absolute Gasteiger partial charge is 0.318 e. The first kappa shape index (κ1) is 20.1. The van der Waals surface area contributed by atoms with Gasteiger partial charge in [0, 0.05) is 12.1 Å². The van der Waals surface area contributed by atoms with Crippen LogP contribution in [0.2, 0.25) is 5.02 Å². The van der Waals surface area contributed by atoms with Gasteiger partial charge in [0.15, 0.2) is 11.0 Å². The molecule has 0 aliphatic carbocycles. The van der Waals surface area contributed by atoms with Crippen molar-refractivity contribution in [3.8, 4) is 5.75 Å². The van der Waals surface area contributed by atoms with Gasteiger partial charge in [0.1, 0.15) is 12.4 Å². The number of benzene rings is 1. The molecule has 1 heterocycles. The maximum atomic E-state index is 12.1. The van der Waals surface area contributed by atoms with Crippen LogP contribution in [0.25, 0.3) is 0 Å². The molecule has 2 rings (SSSR count). The third-order valence-corrected chi connectivity index (χ3v) is 5.28. The van der Waals surface area contributed by atoms with Gasteiger partial charge in [0.25, 0.3) is 0 Å². The second-order valence-electron chi connectivity index (χ2n) is 5.84. The van der Waals surface area contributed by atoms with E-state index < -0.39 is 17.2 Å². The molecule has 0 unspecified atom stereocenters. The first-order chi connectivity index (χ1) is 12.3. The second kappa shape index (κ2) is 8.91. The molecule has 0 saturated carbocycles. The van der Waals surface area contributed by atoms with Gasteiger partial charge >= 0.3 is 6.03 Å². The van der Waals surface area contributed by atoms with Crippen LogP contribution in [0.1, 0.15) is 19.7 Å². The van der Waals surface area contributed by atoms with E-state index in [1.54, 1.807) is 35.9 Å². The normalized spacial score (nSPS) is 12.0. The van der Waals surface area contributed by atoms with Crippen LogP contribution in [0.4, 0.5) is 4.79 Å². The van der Waals surface area contributed by atoms with Crippen molar-refractivity contribution in [3.05, 3.63) is 35.1 Å². The molecular weight excluding hydrogens is 378 g/mol. The predicted molar refractivity (Wildman–Crippen MR) is 99.0 cm³/mol. The zero-order chi connectivity index (χ0) is 19.3. The van der Waals surface area contributed by atoms with Crippen molar-refractivity contribution in [1.82, 2.24) is 20.1 Å². The van der Waals surface area contributed by atoms with Crippen molar-refractivity contribution in [3.63, 3.8) is 0 Å². The zero-order valence-corrected chi connectivity index (χ0v) is 16.2. The lowest BCUT2D eigenvalue weighted by molar-refractivity contribution is -0.120. The number of rotatable bonds is 7. The third kappa shape index (κ3) is 5.37.